The van der Waals surface area contributed by atoms with Gasteiger partial charge in [0.15, 0.2) is 5.82 Å². The van der Waals surface area contributed by atoms with Crippen molar-refractivity contribution >= 4 is 39.7 Å². The number of pyridine rings is 1. The molecule has 9 rings (SSSR count). The normalized spacial score (nSPS) is 31.4. The number of benzene rings is 1. The van der Waals surface area contributed by atoms with E-state index in [2.05, 4.69) is 31.7 Å². The summed E-state index contributed by atoms with van der Waals surface area (Å²) in [6.07, 6.45) is -1.07. The molecule has 1 aliphatic carbocycles. The van der Waals surface area contributed by atoms with Crippen LogP contribution >= 0.6 is 11.6 Å². The molecule has 5 aliphatic heterocycles. The SMILES string of the molecule is C=C1C[C@@H]2[C@@H]3CC[C@@H](CN2c2nc(OC[C@@]45CCCN4C[C@@]4(CC4(F)F)C5)nc4c(F)c(-c5nc(N)cc(C)c5C(F)(F)F)c(Cl)c1c24)N3. The second-order valence-electron chi connectivity index (χ2n) is 15.0. The number of ether oxygens (including phenoxy) is 1. The molecule has 15 heteroatoms. The molecule has 1 saturated carbocycles. The number of hydrogen-bond acceptors (Lipinski definition) is 8. The molecule has 3 aromatic rings. The number of aromatic nitrogens is 3. The Balaban J connectivity index is 1.24. The zero-order chi connectivity index (χ0) is 34.4. The van der Waals surface area contributed by atoms with Crippen molar-refractivity contribution in [2.75, 3.05) is 36.9 Å². The first kappa shape index (κ1) is 31.6. The highest BCUT2D eigenvalue weighted by Crippen LogP contribution is 2.69. The van der Waals surface area contributed by atoms with Crippen molar-refractivity contribution in [2.24, 2.45) is 5.41 Å². The minimum atomic E-state index is -4.91. The van der Waals surface area contributed by atoms with Crippen molar-refractivity contribution in [1.82, 2.24) is 25.2 Å². The summed E-state index contributed by atoms with van der Waals surface area (Å²) in [6.45, 7) is 7.05. The second-order valence-corrected chi connectivity index (χ2v) is 15.3. The number of hydrogen-bond donors (Lipinski definition) is 2. The highest BCUT2D eigenvalue weighted by molar-refractivity contribution is 6.37. The van der Waals surface area contributed by atoms with E-state index in [1.54, 1.807) is 0 Å². The summed E-state index contributed by atoms with van der Waals surface area (Å²) in [5.41, 5.74) is 1.97. The van der Waals surface area contributed by atoms with E-state index in [1.807, 2.05) is 0 Å². The third-order valence-corrected chi connectivity index (χ3v) is 12.3. The molecular weight excluding hydrogens is 672 g/mol. The number of anilines is 2. The highest BCUT2D eigenvalue weighted by atomic mass is 35.5. The molecule has 7 heterocycles. The zero-order valence-corrected chi connectivity index (χ0v) is 27.4. The Morgan fingerprint density at radius 1 is 1.16 bits per heavy atom. The highest BCUT2D eigenvalue weighted by Gasteiger charge is 2.77. The maximum Gasteiger partial charge on any atom is 0.418 e. The topological polar surface area (TPSA) is 92.4 Å². The number of nitrogens with zero attached hydrogens (tertiary/aromatic N) is 5. The monoisotopic (exact) mass is 705 g/mol. The van der Waals surface area contributed by atoms with Gasteiger partial charge in [0.05, 0.1) is 38.2 Å². The summed E-state index contributed by atoms with van der Waals surface area (Å²) >= 11 is 6.97. The van der Waals surface area contributed by atoms with E-state index in [-0.39, 0.29) is 83.0 Å². The molecule has 6 aliphatic rings. The lowest BCUT2D eigenvalue weighted by Gasteiger charge is -2.41. The number of aryl methyl sites for hydroxylation is 1. The van der Waals surface area contributed by atoms with Crippen LogP contribution < -0.4 is 20.7 Å². The lowest BCUT2D eigenvalue weighted by Crippen LogP contribution is -2.58. The average Bonchev–Trinajstić information content (AvgIpc) is 3.34. The van der Waals surface area contributed by atoms with Crippen LogP contribution in [0.4, 0.5) is 38.0 Å². The number of nitrogen functional groups attached to an aromatic ring is 1. The largest absolute Gasteiger partial charge is 0.461 e. The quantitative estimate of drug-likeness (QED) is 0.288. The Morgan fingerprint density at radius 3 is 2.67 bits per heavy atom. The maximum atomic E-state index is 17.1. The van der Waals surface area contributed by atoms with Gasteiger partial charge >= 0.3 is 12.2 Å². The Bertz CT molecular complexity index is 1970. The summed E-state index contributed by atoms with van der Waals surface area (Å²) in [4.78, 5) is 17.5. The van der Waals surface area contributed by atoms with Crippen LogP contribution in [0.1, 0.15) is 61.6 Å². The molecule has 8 nitrogen and oxygen atoms in total. The lowest BCUT2D eigenvalue weighted by atomic mass is 9.89. The van der Waals surface area contributed by atoms with Gasteiger partial charge in [0.25, 0.3) is 5.92 Å². The third kappa shape index (κ3) is 4.48. The van der Waals surface area contributed by atoms with Crippen LogP contribution in [0.15, 0.2) is 12.6 Å². The number of fused-ring (bicyclic) bond motifs is 6. The van der Waals surface area contributed by atoms with Gasteiger partial charge in [-0.3, -0.25) is 4.90 Å². The number of piperazine rings is 1. The first-order valence-corrected chi connectivity index (χ1v) is 17.0. The third-order valence-electron chi connectivity index (χ3n) is 12.0. The molecular formula is C34H34ClF6N7O. The van der Waals surface area contributed by atoms with Gasteiger partial charge in [0.2, 0.25) is 0 Å². The van der Waals surface area contributed by atoms with Crippen molar-refractivity contribution in [3.63, 3.8) is 0 Å². The number of halogens is 7. The Kier molecular flexibility index (Phi) is 6.53. The second kappa shape index (κ2) is 10.1. The van der Waals surface area contributed by atoms with Gasteiger partial charge in [0.1, 0.15) is 23.8 Å². The van der Waals surface area contributed by atoms with Crippen LogP contribution in [0.3, 0.4) is 0 Å². The molecule has 5 atom stereocenters. The van der Waals surface area contributed by atoms with Crippen molar-refractivity contribution in [1.29, 1.82) is 0 Å². The zero-order valence-electron chi connectivity index (χ0n) is 26.7. The fourth-order valence-corrected chi connectivity index (χ4v) is 10.1. The molecule has 0 unspecified atom stereocenters. The predicted molar refractivity (Wildman–Crippen MR) is 172 cm³/mol. The van der Waals surface area contributed by atoms with Gasteiger partial charge in [-0.15, -0.1) is 0 Å². The van der Waals surface area contributed by atoms with Crippen LogP contribution in [-0.2, 0) is 6.18 Å². The minimum absolute atomic E-state index is 0.0157. The lowest BCUT2D eigenvalue weighted by molar-refractivity contribution is -0.137. The Morgan fingerprint density at radius 2 is 1.94 bits per heavy atom. The maximum absolute atomic E-state index is 17.1. The van der Waals surface area contributed by atoms with E-state index in [4.69, 9.17) is 27.1 Å². The van der Waals surface area contributed by atoms with Gasteiger partial charge in [-0.2, -0.15) is 23.1 Å². The molecule has 3 N–H and O–H groups in total. The van der Waals surface area contributed by atoms with Crippen LogP contribution in [0.5, 0.6) is 6.01 Å². The molecule has 2 bridgehead atoms. The first-order valence-electron chi connectivity index (χ1n) is 16.7. The summed E-state index contributed by atoms with van der Waals surface area (Å²) in [5, 5.41) is 3.59. The van der Waals surface area contributed by atoms with E-state index in [0.29, 0.717) is 37.3 Å². The fraction of sp³-hybridized carbons (Fsp3) is 0.559. The number of nitrogens with two attached hydrogens (primary N) is 1. The van der Waals surface area contributed by atoms with Crippen LogP contribution in [-0.4, -0.2) is 75.7 Å². The van der Waals surface area contributed by atoms with Gasteiger partial charge in [-0.05, 0) is 69.2 Å². The number of rotatable bonds is 4. The summed E-state index contributed by atoms with van der Waals surface area (Å²) in [5.74, 6) is -3.72. The molecule has 0 amide bonds. The van der Waals surface area contributed by atoms with E-state index in [9.17, 15) is 22.0 Å². The molecule has 4 saturated heterocycles. The Hall–Kier alpha value is -3.36. The van der Waals surface area contributed by atoms with E-state index >= 15 is 4.39 Å². The summed E-state index contributed by atoms with van der Waals surface area (Å²) < 4.78 is 96.0. The molecule has 5 fully saturated rings. The van der Waals surface area contributed by atoms with Crippen LogP contribution in [0, 0.1) is 18.2 Å². The van der Waals surface area contributed by atoms with Crippen LogP contribution in [0.25, 0.3) is 27.7 Å². The van der Waals surface area contributed by atoms with Crippen molar-refractivity contribution in [3.05, 3.63) is 40.2 Å². The van der Waals surface area contributed by atoms with Gasteiger partial charge in [-0.1, -0.05) is 18.2 Å². The van der Waals surface area contributed by atoms with Crippen molar-refractivity contribution < 1.29 is 31.1 Å². The van der Waals surface area contributed by atoms with Crippen LogP contribution in [0.2, 0.25) is 5.02 Å². The number of nitrogens with one attached hydrogen (secondary N) is 1. The van der Waals surface area contributed by atoms with Gasteiger partial charge in [-0.25, -0.2) is 18.2 Å². The molecule has 49 heavy (non-hydrogen) atoms. The smallest absolute Gasteiger partial charge is 0.418 e. The van der Waals surface area contributed by atoms with Gasteiger partial charge < -0.3 is 20.7 Å². The molecule has 0 radical (unpaired) electrons. The first-order chi connectivity index (χ1) is 23.1. The molecule has 1 spiro atoms. The minimum Gasteiger partial charge on any atom is -0.461 e. The standard InChI is InChI=1S/C34H34ClF6N7O/c1-15-8-19-18-5-4-17(43-18)10-48(19)29-22-21(15)25(35)23(27-24(34(39,40)41)16(2)9-20(42)44-27)26(36)28(22)45-30(46-29)49-14-32-6-3-7-47(32)13-31(11-32)12-33(31,37)38/h9,17-19,43H,1,3-8,10-14H2,2H3,(H2,42,44)/t17-,18-,19+,31-,32-/m0/s1. The fourth-order valence-electron chi connectivity index (χ4n) is 9.70. The average molecular weight is 706 g/mol. The molecule has 260 valence electrons. The number of alkyl halides is 5. The van der Waals surface area contributed by atoms with E-state index in [0.717, 1.165) is 25.3 Å². The van der Waals surface area contributed by atoms with Gasteiger partial charge in [0, 0.05) is 43.2 Å². The summed E-state index contributed by atoms with van der Waals surface area (Å²) in [6, 6.07) is 0.963. The van der Waals surface area contributed by atoms with E-state index < -0.39 is 45.7 Å². The van der Waals surface area contributed by atoms with Crippen molar-refractivity contribution in [2.45, 2.75) is 87.6 Å². The molecule has 2 aromatic heterocycles. The van der Waals surface area contributed by atoms with E-state index in [1.165, 1.54) is 6.92 Å². The predicted octanol–water partition coefficient (Wildman–Crippen LogP) is 6.76. The molecule has 1 aromatic carbocycles. The van der Waals surface area contributed by atoms with Crippen molar-refractivity contribution in [3.8, 4) is 17.3 Å². The summed E-state index contributed by atoms with van der Waals surface area (Å²) in [7, 11) is 0. The Labute approximate surface area is 283 Å².